The molecule has 0 spiro atoms. The van der Waals surface area contributed by atoms with Crippen LogP contribution in [0.3, 0.4) is 0 Å². The maximum Gasteiger partial charge on any atom is 0.409 e. The first-order chi connectivity index (χ1) is 43.3. The van der Waals surface area contributed by atoms with Gasteiger partial charge in [-0.2, -0.15) is 0 Å². The number of urea groups is 1. The van der Waals surface area contributed by atoms with Crippen molar-refractivity contribution in [3.05, 3.63) is 67.3 Å². The SMILES string of the molecule is CC(C)[C@H](NC(=O)CCN1C(=O)C=CC1=O)C(=O)N[C@@H](CCCNC(N)=O)C(=O)Nc1ccc(COC(=O)N(C)CCCC(=O)O[C@@H]2[C@@H]3O[P@](=O)(S)OC[C@H]4O[C@@H](n5cnc6c(N)ncnc65)[C@H](F)[C@@H]4O[P@](=O)(S)OC[C@H]3O[C@H]2n2cnc3c(N)ncnc32)cc1. The zero-order valence-electron chi connectivity index (χ0n) is 48.6. The van der Waals surface area contributed by atoms with Crippen LogP contribution in [0.5, 0.6) is 0 Å². The van der Waals surface area contributed by atoms with Crippen LogP contribution in [-0.4, -0.2) is 185 Å². The van der Waals surface area contributed by atoms with Gasteiger partial charge in [-0.25, -0.2) is 53.0 Å². The van der Waals surface area contributed by atoms with Crippen LogP contribution in [0, 0.1) is 5.92 Å². The lowest BCUT2D eigenvalue weighted by Crippen LogP contribution is -2.54. The van der Waals surface area contributed by atoms with E-state index in [9.17, 15) is 47.5 Å². The minimum Gasteiger partial charge on any atom is -0.455 e. The molecule has 4 aliphatic rings. The van der Waals surface area contributed by atoms with Crippen molar-refractivity contribution in [3.63, 3.8) is 0 Å². The van der Waals surface area contributed by atoms with Gasteiger partial charge < -0.3 is 62.3 Å². The van der Waals surface area contributed by atoms with E-state index in [0.717, 1.165) is 29.7 Å². The van der Waals surface area contributed by atoms with Gasteiger partial charge in [0.15, 0.2) is 47.7 Å². The number of alkyl halides is 1. The van der Waals surface area contributed by atoms with Crippen molar-refractivity contribution in [3.8, 4) is 0 Å². The van der Waals surface area contributed by atoms with Gasteiger partial charge in [0.2, 0.25) is 17.7 Å². The Morgan fingerprint density at radius 3 is 1.98 bits per heavy atom. The normalized spacial score (nSPS) is 25.6. The highest BCUT2D eigenvalue weighted by atomic mass is 32.7. The highest BCUT2D eigenvalue weighted by Gasteiger charge is 2.55. The summed E-state index contributed by atoms with van der Waals surface area (Å²) in [5.41, 5.74) is 18.5. The number of hydrogen-bond donors (Lipinski definition) is 9. The number of esters is 1. The minimum atomic E-state index is -4.62. The summed E-state index contributed by atoms with van der Waals surface area (Å²) >= 11 is 8.36. The largest absolute Gasteiger partial charge is 0.455 e. The van der Waals surface area contributed by atoms with Crippen LogP contribution < -0.4 is 38.5 Å². The topological polar surface area (TPSA) is 464 Å². The van der Waals surface area contributed by atoms with Gasteiger partial charge in [0, 0.05) is 57.4 Å². The van der Waals surface area contributed by atoms with E-state index in [1.807, 2.05) is 0 Å². The quantitative estimate of drug-likeness (QED) is 0.0158. The second kappa shape index (κ2) is 29.1. The molecular formula is C51H64FN17O18P2S2. The number of imide groups is 1. The zero-order valence-corrected chi connectivity index (χ0v) is 52.2. The summed E-state index contributed by atoms with van der Waals surface area (Å²) in [5, 5.41) is 10.4. The molecule has 0 unspecified atom stereocenters. The molecular weight excluding hydrogens is 1280 g/mol. The maximum absolute atomic E-state index is 16.5. The highest BCUT2D eigenvalue weighted by molar-refractivity contribution is 8.44. The number of thiol groups is 2. The number of anilines is 3. The molecule has 5 aromatic rings. The predicted octanol–water partition coefficient (Wildman–Crippen LogP) is 2.14. The first-order valence-corrected chi connectivity index (χ1v) is 33.4. The van der Waals surface area contributed by atoms with E-state index >= 15 is 4.39 Å². The third-order valence-electron chi connectivity index (χ3n) is 14.6. The second-order valence-corrected chi connectivity index (χ2v) is 27.1. The lowest BCUT2D eigenvalue weighted by atomic mass is 10.0. The highest BCUT2D eigenvalue weighted by Crippen LogP contribution is 2.61. The average Bonchev–Trinajstić information content (AvgIpc) is 2.26. The molecule has 490 valence electrons. The Hall–Kier alpha value is -7.93. The van der Waals surface area contributed by atoms with E-state index < -0.39 is 142 Å². The molecule has 4 aromatic heterocycles. The van der Waals surface area contributed by atoms with Crippen LogP contribution in [0.1, 0.15) is 64.0 Å². The number of ether oxygens (including phenoxy) is 4. The van der Waals surface area contributed by atoms with Crippen molar-refractivity contribution in [1.82, 2.24) is 64.8 Å². The number of halogens is 1. The number of nitrogen functional groups attached to an aromatic ring is 2. The van der Waals surface area contributed by atoms with Crippen molar-refractivity contribution < 1.29 is 88.9 Å². The summed E-state index contributed by atoms with van der Waals surface area (Å²) in [5.74, 6) is -4.43. The van der Waals surface area contributed by atoms with Crippen molar-refractivity contribution in [2.24, 2.45) is 11.7 Å². The number of imidazole rings is 2. The molecule has 40 heteroatoms. The molecule has 1 aromatic carbocycles. The van der Waals surface area contributed by atoms with Gasteiger partial charge in [-0.1, -0.05) is 50.5 Å². The molecule has 35 nitrogen and oxygen atoms in total. The molecule has 0 saturated carbocycles. The van der Waals surface area contributed by atoms with Crippen molar-refractivity contribution in [2.75, 3.05) is 56.7 Å². The van der Waals surface area contributed by atoms with E-state index in [1.165, 1.54) is 45.9 Å². The summed E-state index contributed by atoms with van der Waals surface area (Å²) in [4.78, 5) is 129. The van der Waals surface area contributed by atoms with E-state index in [0.29, 0.717) is 11.3 Å². The number of rotatable bonds is 22. The van der Waals surface area contributed by atoms with Gasteiger partial charge in [-0.15, -0.1) is 0 Å². The molecule has 0 radical (unpaired) electrons. The van der Waals surface area contributed by atoms with Gasteiger partial charge in [-0.3, -0.25) is 60.9 Å². The fraction of sp³-hybridized carbons (Fsp3) is 0.490. The summed E-state index contributed by atoms with van der Waals surface area (Å²) in [6.45, 7) is -7.72. The number of carbonyl (C=O) groups is 8. The molecule has 4 aliphatic heterocycles. The molecule has 9 rings (SSSR count). The minimum absolute atomic E-state index is 0.00218. The van der Waals surface area contributed by atoms with Crippen LogP contribution in [0.2, 0.25) is 0 Å². The van der Waals surface area contributed by atoms with E-state index in [1.54, 1.807) is 26.0 Å². The first-order valence-electron chi connectivity index (χ1n) is 28.0. The summed E-state index contributed by atoms with van der Waals surface area (Å²) in [6.07, 6.45) is -7.09. The third kappa shape index (κ3) is 16.6. The fourth-order valence-corrected chi connectivity index (χ4v) is 12.9. The van der Waals surface area contributed by atoms with Crippen LogP contribution >= 0.6 is 38.1 Å². The lowest BCUT2D eigenvalue weighted by molar-refractivity contribution is -0.158. The Balaban J connectivity index is 0.797. The summed E-state index contributed by atoms with van der Waals surface area (Å²) < 4.78 is 94.1. The fourth-order valence-electron chi connectivity index (χ4n) is 9.94. The Morgan fingerprint density at radius 2 is 1.37 bits per heavy atom. The molecule has 91 heavy (non-hydrogen) atoms. The Bertz CT molecular complexity index is 3690. The zero-order chi connectivity index (χ0) is 65.5. The number of amides is 8. The number of hydrogen-bond acceptors (Lipinski definition) is 26. The molecule has 3 saturated heterocycles. The van der Waals surface area contributed by atoms with Gasteiger partial charge in [-0.05, 0) is 42.9 Å². The van der Waals surface area contributed by atoms with Gasteiger partial charge in [0.1, 0.15) is 66.8 Å². The molecule has 3 fully saturated rings. The van der Waals surface area contributed by atoms with Crippen molar-refractivity contribution in [1.29, 1.82) is 0 Å². The van der Waals surface area contributed by atoms with E-state index in [4.69, 9.17) is 54.2 Å². The molecule has 0 bridgehead atoms. The molecule has 8 heterocycles. The Kier molecular flexibility index (Phi) is 21.6. The summed E-state index contributed by atoms with van der Waals surface area (Å²) in [7, 11) is 1.43. The maximum atomic E-state index is 16.5. The van der Waals surface area contributed by atoms with Gasteiger partial charge in [0.25, 0.3) is 11.8 Å². The average molecular weight is 1350 g/mol. The van der Waals surface area contributed by atoms with Crippen LogP contribution in [-0.2, 0) is 81.5 Å². The van der Waals surface area contributed by atoms with Crippen LogP contribution in [0.4, 0.5) is 31.3 Å². The number of benzene rings is 1. The van der Waals surface area contributed by atoms with Crippen molar-refractivity contribution in [2.45, 2.75) is 114 Å². The Labute approximate surface area is 526 Å². The molecule has 12 atom stereocenters. The number of nitrogens with zero attached hydrogens (tertiary/aromatic N) is 10. The smallest absolute Gasteiger partial charge is 0.409 e. The number of nitrogens with one attached hydrogen (secondary N) is 4. The monoisotopic (exact) mass is 1350 g/mol. The van der Waals surface area contributed by atoms with E-state index in [-0.39, 0.29) is 92.3 Å². The number of aromatic nitrogens is 8. The predicted molar refractivity (Wildman–Crippen MR) is 320 cm³/mol. The third-order valence-corrected chi connectivity index (χ3v) is 17.8. The lowest BCUT2D eigenvalue weighted by Gasteiger charge is -2.29. The number of fused-ring (bicyclic) bond motifs is 4. The van der Waals surface area contributed by atoms with Gasteiger partial charge >= 0.3 is 31.7 Å². The summed E-state index contributed by atoms with van der Waals surface area (Å²) in [6, 6.07) is 3.11. The molecule has 0 aliphatic carbocycles. The van der Waals surface area contributed by atoms with Gasteiger partial charge in [0.05, 0.1) is 25.9 Å². The Morgan fingerprint density at radius 1 is 0.791 bits per heavy atom. The van der Waals surface area contributed by atoms with Crippen LogP contribution in [0.15, 0.2) is 61.7 Å². The van der Waals surface area contributed by atoms with Crippen molar-refractivity contribution >= 4 is 125 Å². The van der Waals surface area contributed by atoms with E-state index in [2.05, 4.69) is 75.7 Å². The molecule has 8 amide bonds. The number of nitrogens with two attached hydrogens (primary N) is 3. The number of primary amides is 1. The second-order valence-electron chi connectivity index (χ2n) is 21.3. The number of carbonyl (C=O) groups excluding carboxylic acids is 8. The first kappa shape index (κ1) is 67.5. The standard InChI is InChI=1S/C51H64FN17O18P2S2/c1-25(2)36(65-31(70)14-17-67-32(71)12-13-33(67)72)47(75)64-28(6-4-15-56-50(55)76)46(74)63-27-10-8-26(9-11-27)18-80-51(77)66(3)16-5-7-34(73)85-41-40-30(84-49(41)69-24-62-38-43(54)58-22-60-45(38)69)20-82-88(78,90)86-39-29(19-81-89(79,91)87-40)83-48(35(39)52)68-23-61-37-42(53)57-21-59-44(37)68/h8-13,21-25,28-30,35-36,39-41,48-49H,4-7,14-20H2,1-3H3,(H,63,74)(H,64,75)(H,65,70)(H,78,90)(H,79,91)(H2,53,57,59)(H2,54,58,60)(H3,55,56,76)/t28-,29+,30+,35+,36-,39+,40+,41+,48+,49+,88+,89+/m0/s1. The van der Waals surface area contributed by atoms with Crippen LogP contribution in [0.25, 0.3) is 22.3 Å². The molecule has 10 N–H and O–H groups in total.